The van der Waals surface area contributed by atoms with Crippen molar-refractivity contribution in [2.45, 2.75) is 19.0 Å². The van der Waals surface area contributed by atoms with E-state index in [0.29, 0.717) is 5.69 Å². The van der Waals surface area contributed by atoms with E-state index in [1.807, 2.05) is 30.3 Å². The molecule has 7 heteroatoms. The molecule has 0 aliphatic carbocycles. The fraction of sp³-hybridized carbons (Fsp3) is 0.312. The van der Waals surface area contributed by atoms with Gasteiger partial charge in [0.05, 0.1) is 24.5 Å². The molecule has 2 aromatic rings. The topological polar surface area (TPSA) is 76.5 Å². The highest BCUT2D eigenvalue weighted by atomic mass is 16.5. The Labute approximate surface area is 133 Å². The lowest BCUT2D eigenvalue weighted by Gasteiger charge is -2.20. The molecule has 1 aliphatic rings. The van der Waals surface area contributed by atoms with E-state index in [4.69, 9.17) is 4.74 Å². The van der Waals surface area contributed by atoms with Crippen molar-refractivity contribution in [2.75, 3.05) is 13.7 Å². The third-order valence-corrected chi connectivity index (χ3v) is 3.76. The van der Waals surface area contributed by atoms with Gasteiger partial charge in [-0.15, -0.1) is 0 Å². The standard InChI is InChI=1S/C16H18N4O3/c1-16(11-23-2)14(21)19(15(22)17-16)10-12-8-9-20(18-12)13-6-4-3-5-7-13/h3-9H,10-11H2,1-2H3,(H,17,22)/t16-/m1/s1. The summed E-state index contributed by atoms with van der Waals surface area (Å²) in [5.74, 6) is -0.307. The number of carbonyl (C=O) groups excluding carboxylic acids is 2. The van der Waals surface area contributed by atoms with Crippen molar-refractivity contribution in [1.29, 1.82) is 0 Å². The molecule has 0 saturated carbocycles. The Morgan fingerprint density at radius 3 is 2.65 bits per heavy atom. The summed E-state index contributed by atoms with van der Waals surface area (Å²) in [6, 6.07) is 11.0. The number of nitrogens with one attached hydrogen (secondary N) is 1. The minimum absolute atomic E-state index is 0.129. The number of imide groups is 1. The maximum Gasteiger partial charge on any atom is 0.325 e. The molecule has 1 atom stereocenters. The first kappa shape index (κ1) is 15.2. The number of hydrogen-bond acceptors (Lipinski definition) is 4. The van der Waals surface area contributed by atoms with Crippen molar-refractivity contribution < 1.29 is 14.3 Å². The Hall–Kier alpha value is -2.67. The predicted octanol–water partition coefficient (Wildman–Crippen LogP) is 1.33. The molecule has 1 saturated heterocycles. The second-order valence-corrected chi connectivity index (χ2v) is 5.67. The number of para-hydroxylation sites is 1. The Morgan fingerprint density at radius 2 is 1.96 bits per heavy atom. The number of carbonyl (C=O) groups is 2. The molecule has 1 fully saturated rings. The van der Waals surface area contributed by atoms with Crippen molar-refractivity contribution in [2.24, 2.45) is 0 Å². The van der Waals surface area contributed by atoms with Gasteiger partial charge < -0.3 is 10.1 Å². The van der Waals surface area contributed by atoms with Crippen LogP contribution >= 0.6 is 0 Å². The van der Waals surface area contributed by atoms with Crippen molar-refractivity contribution in [1.82, 2.24) is 20.0 Å². The zero-order chi connectivity index (χ0) is 16.4. The summed E-state index contributed by atoms with van der Waals surface area (Å²) in [7, 11) is 1.49. The van der Waals surface area contributed by atoms with Gasteiger partial charge >= 0.3 is 6.03 Å². The number of rotatable bonds is 5. The van der Waals surface area contributed by atoms with E-state index in [9.17, 15) is 9.59 Å². The molecule has 0 radical (unpaired) electrons. The van der Waals surface area contributed by atoms with Gasteiger partial charge in [-0.3, -0.25) is 9.69 Å². The van der Waals surface area contributed by atoms with Crippen LogP contribution in [-0.2, 0) is 16.1 Å². The summed E-state index contributed by atoms with van der Waals surface area (Å²) in [4.78, 5) is 25.7. The summed E-state index contributed by atoms with van der Waals surface area (Å²) in [5.41, 5.74) is 0.535. The Kier molecular flexibility index (Phi) is 3.87. The molecule has 1 N–H and O–H groups in total. The molecule has 1 aromatic carbocycles. The van der Waals surface area contributed by atoms with Crippen molar-refractivity contribution >= 4 is 11.9 Å². The van der Waals surface area contributed by atoms with Gasteiger partial charge in [-0.25, -0.2) is 9.48 Å². The van der Waals surface area contributed by atoms with E-state index in [0.717, 1.165) is 10.6 Å². The highest BCUT2D eigenvalue weighted by Crippen LogP contribution is 2.20. The summed E-state index contributed by atoms with van der Waals surface area (Å²) in [6.07, 6.45) is 1.80. The third-order valence-electron chi connectivity index (χ3n) is 3.76. The lowest BCUT2D eigenvalue weighted by molar-refractivity contribution is -0.132. The lowest BCUT2D eigenvalue weighted by Crippen LogP contribution is -2.47. The van der Waals surface area contributed by atoms with Gasteiger partial charge in [0.2, 0.25) is 0 Å². The highest BCUT2D eigenvalue weighted by molar-refractivity contribution is 6.06. The first-order valence-corrected chi connectivity index (χ1v) is 7.26. The van der Waals surface area contributed by atoms with Crippen molar-refractivity contribution in [3.8, 4) is 5.69 Å². The van der Waals surface area contributed by atoms with E-state index in [1.165, 1.54) is 7.11 Å². The second-order valence-electron chi connectivity index (χ2n) is 5.67. The van der Waals surface area contributed by atoms with Crippen molar-refractivity contribution in [3.63, 3.8) is 0 Å². The molecule has 1 aromatic heterocycles. The zero-order valence-corrected chi connectivity index (χ0v) is 13.0. The number of aromatic nitrogens is 2. The maximum absolute atomic E-state index is 12.4. The van der Waals surface area contributed by atoms with E-state index < -0.39 is 11.6 Å². The van der Waals surface area contributed by atoms with Gasteiger partial charge in [0.1, 0.15) is 5.54 Å². The van der Waals surface area contributed by atoms with Crippen molar-refractivity contribution in [3.05, 3.63) is 48.3 Å². The quantitative estimate of drug-likeness (QED) is 0.845. The van der Waals surface area contributed by atoms with E-state index in [2.05, 4.69) is 10.4 Å². The van der Waals surface area contributed by atoms with Crippen LogP contribution in [0.2, 0.25) is 0 Å². The van der Waals surface area contributed by atoms with Gasteiger partial charge in [0, 0.05) is 13.3 Å². The predicted molar refractivity (Wildman–Crippen MR) is 82.9 cm³/mol. The van der Waals surface area contributed by atoms with Crippen LogP contribution in [0.25, 0.3) is 5.69 Å². The summed E-state index contributed by atoms with van der Waals surface area (Å²) in [6.45, 7) is 1.91. The smallest absolute Gasteiger partial charge is 0.325 e. The number of hydrogen-bond donors (Lipinski definition) is 1. The average molecular weight is 314 g/mol. The number of urea groups is 1. The molecule has 3 amide bonds. The summed E-state index contributed by atoms with van der Waals surface area (Å²) >= 11 is 0. The molecule has 0 bridgehead atoms. The molecule has 7 nitrogen and oxygen atoms in total. The molecule has 0 unspecified atom stereocenters. The van der Waals surface area contributed by atoms with Gasteiger partial charge in [-0.1, -0.05) is 18.2 Å². The maximum atomic E-state index is 12.4. The molecular weight excluding hydrogens is 296 g/mol. The number of benzene rings is 1. The zero-order valence-electron chi connectivity index (χ0n) is 13.0. The molecule has 1 aliphatic heterocycles. The van der Waals surface area contributed by atoms with Crippen LogP contribution in [0, 0.1) is 0 Å². The summed E-state index contributed by atoms with van der Waals surface area (Å²) < 4.78 is 6.74. The van der Waals surface area contributed by atoms with E-state index in [-0.39, 0.29) is 19.1 Å². The Bertz CT molecular complexity index is 728. The van der Waals surface area contributed by atoms with Gasteiger partial charge in [0.25, 0.3) is 5.91 Å². The first-order chi connectivity index (χ1) is 11.0. The van der Waals surface area contributed by atoms with Crippen LogP contribution in [0.5, 0.6) is 0 Å². The molecule has 0 spiro atoms. The largest absolute Gasteiger partial charge is 0.382 e. The third kappa shape index (κ3) is 2.83. The van der Waals surface area contributed by atoms with Crippen LogP contribution in [0.15, 0.2) is 42.6 Å². The monoisotopic (exact) mass is 314 g/mol. The minimum atomic E-state index is -1.02. The molecule has 23 heavy (non-hydrogen) atoms. The molecule has 3 rings (SSSR count). The average Bonchev–Trinajstić information content (AvgIpc) is 3.08. The fourth-order valence-corrected chi connectivity index (χ4v) is 2.61. The lowest BCUT2D eigenvalue weighted by atomic mass is 10.0. The van der Waals surface area contributed by atoms with E-state index >= 15 is 0 Å². The second kappa shape index (κ2) is 5.85. The normalized spacial score (nSPS) is 20.9. The SMILES string of the molecule is COC[C@@]1(C)NC(=O)N(Cc2ccn(-c3ccccc3)n2)C1=O. The van der Waals surface area contributed by atoms with Gasteiger partial charge in [0.15, 0.2) is 0 Å². The number of methoxy groups -OCH3 is 1. The first-order valence-electron chi connectivity index (χ1n) is 7.26. The fourth-order valence-electron chi connectivity index (χ4n) is 2.61. The van der Waals surface area contributed by atoms with Crippen LogP contribution < -0.4 is 5.32 Å². The molecular formula is C16H18N4O3. The Morgan fingerprint density at radius 1 is 1.22 bits per heavy atom. The van der Waals surface area contributed by atoms with E-state index in [1.54, 1.807) is 23.9 Å². The summed E-state index contributed by atoms with van der Waals surface area (Å²) in [5, 5.41) is 7.09. The van der Waals surface area contributed by atoms with Crippen LogP contribution in [0.4, 0.5) is 4.79 Å². The van der Waals surface area contributed by atoms with Gasteiger partial charge in [-0.05, 0) is 25.1 Å². The van der Waals surface area contributed by atoms with Gasteiger partial charge in [-0.2, -0.15) is 5.10 Å². The molecule has 120 valence electrons. The minimum Gasteiger partial charge on any atom is -0.382 e. The highest BCUT2D eigenvalue weighted by Gasteiger charge is 2.47. The van der Waals surface area contributed by atoms with Crippen LogP contribution in [0.3, 0.4) is 0 Å². The van der Waals surface area contributed by atoms with Crippen LogP contribution in [-0.4, -0.2) is 45.9 Å². The number of ether oxygens (including phenoxy) is 1. The number of amides is 3. The Balaban J connectivity index is 1.77. The molecule has 2 heterocycles. The van der Waals surface area contributed by atoms with Crippen LogP contribution in [0.1, 0.15) is 12.6 Å². The number of nitrogens with zero attached hydrogens (tertiary/aromatic N) is 3.